The molecule has 4 radical (unpaired) electrons. The molecule has 0 heterocycles. The minimum absolute atomic E-state index is 0. The summed E-state index contributed by atoms with van der Waals surface area (Å²) in [6.07, 6.45) is 0. The van der Waals surface area contributed by atoms with E-state index >= 15 is 0 Å². The predicted octanol–water partition coefficient (Wildman–Crippen LogP) is -1.26. The molecule has 4 heteroatoms. The Bertz CT molecular complexity index is 635. The molecule has 0 N–H and O–H groups in total. The third kappa shape index (κ3) is 5.75. The first-order chi connectivity index (χ1) is 8.93. The molecule has 108 valence electrons. The molecular weight excluding hydrogens is 363 g/mol. The van der Waals surface area contributed by atoms with Gasteiger partial charge in [0.2, 0.25) is 0 Å². The van der Waals surface area contributed by atoms with Crippen LogP contribution >= 0.6 is 0 Å². The van der Waals surface area contributed by atoms with E-state index in [1.807, 2.05) is 0 Å². The van der Waals surface area contributed by atoms with Gasteiger partial charge in [0.05, 0.1) is 0 Å². The van der Waals surface area contributed by atoms with Gasteiger partial charge in [0.25, 0.3) is 0 Å². The number of halogens is 2. The molecule has 0 atom stereocenters. The quantitative estimate of drug-likeness (QED) is 0.265. The van der Waals surface area contributed by atoms with Crippen molar-refractivity contribution >= 4 is 32.5 Å². The molecule has 4 aromatic rings. The molecule has 0 aliphatic heterocycles. The minimum Gasteiger partial charge on any atom is -1.00 e. The van der Waals surface area contributed by atoms with Crippen molar-refractivity contribution in [2.24, 2.45) is 0 Å². The summed E-state index contributed by atoms with van der Waals surface area (Å²) in [5.41, 5.74) is 0. The number of hydrogen-bond acceptors (Lipinski definition) is 0. The fourth-order valence-corrected chi connectivity index (χ4v) is 2.14. The molecule has 4 rings (SSSR count). The van der Waals surface area contributed by atoms with E-state index in [2.05, 4.69) is 84.9 Å². The van der Waals surface area contributed by atoms with Crippen molar-refractivity contribution < 1.29 is 46.5 Å². The van der Waals surface area contributed by atoms with Gasteiger partial charge in [-0.3, -0.25) is 0 Å². The maximum atomic E-state index is 2.12. The second-order valence-corrected chi connectivity index (χ2v) is 4.31. The van der Waals surface area contributed by atoms with Crippen LogP contribution < -0.4 is 24.8 Å². The summed E-state index contributed by atoms with van der Waals surface area (Å²) in [5, 5.41) is 5.32. The van der Waals surface area contributed by atoms with Crippen molar-refractivity contribution in [1.29, 1.82) is 0 Å². The van der Waals surface area contributed by atoms with E-state index in [9.17, 15) is 0 Å². The van der Waals surface area contributed by atoms with Crippen LogP contribution in [0.3, 0.4) is 0 Å². The van der Waals surface area contributed by atoms with Crippen LogP contribution in [0.2, 0.25) is 0 Å². The van der Waals surface area contributed by atoms with E-state index in [0.29, 0.717) is 0 Å². The largest absolute Gasteiger partial charge is 4.00 e. The van der Waals surface area contributed by atoms with Gasteiger partial charge in [-0.25, -0.2) is 0 Å². The van der Waals surface area contributed by atoms with Gasteiger partial charge in [-0.1, -0.05) is 12.1 Å². The minimum atomic E-state index is 0. The van der Waals surface area contributed by atoms with Gasteiger partial charge in [-0.05, 0) is 0 Å². The third-order valence-electron chi connectivity index (χ3n) is 3.10. The Morgan fingerprint density at radius 2 is 0.909 bits per heavy atom. The third-order valence-corrected chi connectivity index (χ3v) is 3.10. The summed E-state index contributed by atoms with van der Waals surface area (Å²) in [6, 6.07) is 29.3. The Hall–Kier alpha value is -0.829. The molecule has 0 nitrogen and oxygen atoms in total. The van der Waals surface area contributed by atoms with Crippen LogP contribution in [0.4, 0.5) is 0 Å². The molecule has 0 saturated heterocycles. The van der Waals surface area contributed by atoms with Gasteiger partial charge < -0.3 is 24.8 Å². The summed E-state index contributed by atoms with van der Waals surface area (Å²) in [7, 11) is 0. The summed E-state index contributed by atoms with van der Waals surface area (Å²) < 4.78 is 0. The average molecular weight is 377 g/mol. The molecule has 0 spiro atoms. The number of rotatable bonds is 0. The molecule has 0 unspecified atom stereocenters. The zero-order valence-electron chi connectivity index (χ0n) is 11.8. The summed E-state index contributed by atoms with van der Waals surface area (Å²) in [6.45, 7) is 0. The molecule has 0 amide bonds. The topological polar surface area (TPSA) is 0 Å². The molecular formula is C18H14Cl2SiTi. The van der Waals surface area contributed by atoms with Crippen LogP contribution in [0.5, 0.6) is 0 Å². The van der Waals surface area contributed by atoms with E-state index in [4.69, 9.17) is 0 Å². The van der Waals surface area contributed by atoms with Gasteiger partial charge >= 0.3 is 21.7 Å². The van der Waals surface area contributed by atoms with Crippen molar-refractivity contribution in [3.63, 3.8) is 0 Å². The number of hydrogen-bond donors (Lipinski definition) is 0. The molecule has 22 heavy (non-hydrogen) atoms. The van der Waals surface area contributed by atoms with Gasteiger partial charge in [-0.15, -0.1) is 59.3 Å². The Morgan fingerprint density at radius 3 is 1.27 bits per heavy atom. The van der Waals surface area contributed by atoms with Crippen molar-refractivity contribution in [3.8, 4) is 0 Å². The normalized spacial score (nSPS) is 8.36. The second kappa shape index (κ2) is 11.7. The van der Waals surface area contributed by atoms with Crippen molar-refractivity contribution in [1.82, 2.24) is 0 Å². The summed E-state index contributed by atoms with van der Waals surface area (Å²) in [4.78, 5) is 0. The molecule has 0 saturated carbocycles. The Balaban J connectivity index is 0. The van der Waals surface area contributed by atoms with Crippen LogP contribution in [0.15, 0.2) is 84.9 Å². The zero-order chi connectivity index (χ0) is 12.2. The maximum absolute atomic E-state index is 2.12. The fraction of sp³-hybridized carbons (Fsp3) is 0. The standard InChI is InChI=1S/2C9H7.2ClH.Si.Ti/c2*1-2-5-9-7-3-6-8(9)4-1;;;;/h2*1-7H;2*1H;;/q2*-1;;;;+4/p-2. The van der Waals surface area contributed by atoms with Gasteiger partial charge in [0.15, 0.2) is 0 Å². The molecule has 4 aromatic carbocycles. The second-order valence-electron chi connectivity index (χ2n) is 4.31. The Kier molecular flexibility index (Phi) is 12.5. The van der Waals surface area contributed by atoms with E-state index in [1.165, 1.54) is 21.5 Å². The monoisotopic (exact) mass is 376 g/mol. The first-order valence-corrected chi connectivity index (χ1v) is 6.14. The first-order valence-electron chi connectivity index (χ1n) is 6.14. The number of fused-ring (bicyclic) bond motifs is 2. The van der Waals surface area contributed by atoms with E-state index in [-0.39, 0.29) is 57.5 Å². The zero-order valence-corrected chi connectivity index (χ0v) is 15.9. The molecule has 0 aromatic heterocycles. The van der Waals surface area contributed by atoms with Crippen LogP contribution in [0, 0.1) is 0 Å². The van der Waals surface area contributed by atoms with E-state index < -0.39 is 0 Å². The van der Waals surface area contributed by atoms with Gasteiger partial charge in [0, 0.05) is 11.0 Å². The SMILES string of the molecule is [Cl-].[Cl-].[Si].[Ti+4].c1ccc2[cH-]ccc2c1.c1ccc2[cH-]ccc2c1. The van der Waals surface area contributed by atoms with Crippen molar-refractivity contribution in [2.45, 2.75) is 0 Å². The molecule has 0 aliphatic rings. The average Bonchev–Trinajstić information content (AvgIpc) is 3.08. The molecule has 0 aliphatic carbocycles. The van der Waals surface area contributed by atoms with Crippen molar-refractivity contribution in [3.05, 3.63) is 84.9 Å². The van der Waals surface area contributed by atoms with Crippen molar-refractivity contribution in [2.75, 3.05) is 0 Å². The van der Waals surface area contributed by atoms with E-state index in [1.54, 1.807) is 0 Å². The maximum Gasteiger partial charge on any atom is 4.00 e. The predicted molar refractivity (Wildman–Crippen MR) is 84.8 cm³/mol. The molecule has 0 bridgehead atoms. The fourth-order valence-electron chi connectivity index (χ4n) is 2.14. The smallest absolute Gasteiger partial charge is 1.00 e. The summed E-state index contributed by atoms with van der Waals surface area (Å²) in [5.74, 6) is 0. The van der Waals surface area contributed by atoms with Crippen LogP contribution in [0.1, 0.15) is 0 Å². The van der Waals surface area contributed by atoms with E-state index in [0.717, 1.165) is 0 Å². The van der Waals surface area contributed by atoms with Gasteiger partial charge in [0.1, 0.15) is 0 Å². The summed E-state index contributed by atoms with van der Waals surface area (Å²) >= 11 is 0. The van der Waals surface area contributed by atoms with Crippen LogP contribution in [0.25, 0.3) is 21.5 Å². The van der Waals surface area contributed by atoms with Crippen LogP contribution in [-0.2, 0) is 21.7 Å². The first kappa shape index (κ1) is 23.4. The Morgan fingerprint density at radius 1 is 0.545 bits per heavy atom. The Labute approximate surface area is 163 Å². The molecule has 0 fully saturated rings. The van der Waals surface area contributed by atoms with Gasteiger partial charge in [-0.2, -0.15) is 35.0 Å². The number of benzene rings is 2. The van der Waals surface area contributed by atoms with Crippen LogP contribution in [-0.4, -0.2) is 11.0 Å².